The van der Waals surface area contributed by atoms with Gasteiger partial charge in [0.25, 0.3) is 0 Å². The molecule has 0 bridgehead atoms. The van der Waals surface area contributed by atoms with Crippen molar-refractivity contribution in [2.45, 2.75) is 11.0 Å². The van der Waals surface area contributed by atoms with Gasteiger partial charge in [0.05, 0.1) is 6.54 Å². The summed E-state index contributed by atoms with van der Waals surface area (Å²) in [5, 5.41) is 2.91. The molecule has 82 valence electrons. The van der Waals surface area contributed by atoms with Gasteiger partial charge in [-0.1, -0.05) is 30.2 Å². The number of nitrogens with one attached hydrogen (secondary N) is 1. The summed E-state index contributed by atoms with van der Waals surface area (Å²) in [6.07, 6.45) is 12.7. The van der Waals surface area contributed by atoms with E-state index in [1.54, 1.807) is 0 Å². The molecule has 0 radical (unpaired) electrons. The van der Waals surface area contributed by atoms with Crippen LogP contribution in [0.25, 0.3) is 0 Å². The van der Waals surface area contributed by atoms with Gasteiger partial charge in [0, 0.05) is 6.54 Å². The second-order valence-electron chi connectivity index (χ2n) is 2.56. The van der Waals surface area contributed by atoms with Crippen LogP contribution in [0.1, 0.15) is 6.92 Å². The molecule has 0 amide bonds. The quantitative estimate of drug-likeness (QED) is 0.202. The Labute approximate surface area is 104 Å². The minimum Gasteiger partial charge on any atom is -0.438 e. The zero-order chi connectivity index (χ0) is 11.5. The minimum atomic E-state index is -0.490. The fourth-order valence-corrected chi connectivity index (χ4v) is 0.990. The summed E-state index contributed by atoms with van der Waals surface area (Å²) in [6.45, 7) is 2.73. The van der Waals surface area contributed by atoms with Gasteiger partial charge >= 0.3 is 5.97 Å². The molecule has 0 fully saturated rings. The average molecular weight is 319 g/mol. The zero-order valence-corrected chi connectivity index (χ0v) is 10.7. The molecule has 0 saturated carbocycles. The fraction of sp³-hybridized carbons (Fsp3) is 0.364. The Kier molecular flexibility index (Phi) is 9.22. The summed E-state index contributed by atoms with van der Waals surface area (Å²) in [5.41, 5.74) is 0. The lowest BCUT2D eigenvalue weighted by Gasteiger charge is -2.05. The van der Waals surface area contributed by atoms with Gasteiger partial charge in [-0.15, -0.1) is 6.42 Å². The van der Waals surface area contributed by atoms with Gasteiger partial charge in [0.1, 0.15) is 0 Å². The molecule has 1 unspecified atom stereocenters. The van der Waals surface area contributed by atoms with E-state index in [2.05, 4.69) is 11.2 Å². The molecule has 4 heteroatoms. The first-order valence-electron chi connectivity index (χ1n) is 4.49. The molecule has 0 aliphatic rings. The average Bonchev–Trinajstić information content (AvgIpc) is 2.23. The summed E-state index contributed by atoms with van der Waals surface area (Å²) in [6, 6.07) is 0. The molecular weight excluding hydrogens is 305 g/mol. The van der Waals surface area contributed by atoms with Gasteiger partial charge in [-0.2, -0.15) is 0 Å². The monoisotopic (exact) mass is 319 g/mol. The molecule has 0 rings (SSSR count). The van der Waals surface area contributed by atoms with Gasteiger partial charge in [0.15, 0.2) is 0 Å². The van der Waals surface area contributed by atoms with E-state index >= 15 is 0 Å². The number of esters is 1. The lowest BCUT2D eigenvalue weighted by atomic mass is 10.4. The SMILES string of the molecule is C#CC(I)OC(=O)CNC/C=C/C=C/C. The second-order valence-corrected chi connectivity index (χ2v) is 3.69. The Balaban J connectivity index is 3.52. The first-order valence-corrected chi connectivity index (χ1v) is 5.73. The van der Waals surface area contributed by atoms with E-state index in [1.807, 2.05) is 53.8 Å². The van der Waals surface area contributed by atoms with Crippen LogP contribution in [-0.2, 0) is 9.53 Å². The highest BCUT2D eigenvalue weighted by Gasteiger charge is 2.05. The maximum absolute atomic E-state index is 11.1. The molecule has 0 saturated heterocycles. The van der Waals surface area contributed by atoms with Crippen LogP contribution >= 0.6 is 22.6 Å². The number of ether oxygens (including phenoxy) is 1. The first-order chi connectivity index (χ1) is 7.20. The summed E-state index contributed by atoms with van der Waals surface area (Å²) in [5.74, 6) is 1.97. The molecule has 0 aromatic carbocycles. The summed E-state index contributed by atoms with van der Waals surface area (Å²) < 4.78 is 4.35. The van der Waals surface area contributed by atoms with Crippen LogP contribution in [0.5, 0.6) is 0 Å². The van der Waals surface area contributed by atoms with Crippen molar-refractivity contribution in [2.75, 3.05) is 13.1 Å². The predicted octanol–water partition coefficient (Wildman–Crippen LogP) is 1.65. The highest BCUT2D eigenvalue weighted by Crippen LogP contribution is 1.99. The first kappa shape index (κ1) is 14.2. The third-order valence-corrected chi connectivity index (χ3v) is 1.95. The number of hydrogen-bond donors (Lipinski definition) is 1. The number of terminal acetylenes is 1. The lowest BCUT2D eigenvalue weighted by Crippen LogP contribution is -2.26. The van der Waals surface area contributed by atoms with Gasteiger partial charge in [-0.3, -0.25) is 4.79 Å². The summed E-state index contributed by atoms with van der Waals surface area (Å²) in [7, 11) is 0. The van der Waals surface area contributed by atoms with Crippen LogP contribution in [0.3, 0.4) is 0 Å². The largest absolute Gasteiger partial charge is 0.438 e. The van der Waals surface area contributed by atoms with Crippen LogP contribution in [0.4, 0.5) is 0 Å². The molecule has 15 heavy (non-hydrogen) atoms. The maximum atomic E-state index is 11.1. The number of alkyl halides is 1. The van der Waals surface area contributed by atoms with Gasteiger partial charge in [-0.05, 0) is 29.5 Å². The Morgan fingerprint density at radius 2 is 2.40 bits per heavy atom. The Hall–Kier alpha value is -0.800. The fourth-order valence-electron chi connectivity index (χ4n) is 0.706. The van der Waals surface area contributed by atoms with E-state index in [0.29, 0.717) is 6.54 Å². The predicted molar refractivity (Wildman–Crippen MR) is 69.6 cm³/mol. The third kappa shape index (κ3) is 9.50. The van der Waals surface area contributed by atoms with Crippen LogP contribution in [0.2, 0.25) is 0 Å². The van der Waals surface area contributed by atoms with E-state index < -0.39 is 4.11 Å². The van der Waals surface area contributed by atoms with Crippen molar-refractivity contribution in [1.29, 1.82) is 0 Å². The second kappa shape index (κ2) is 9.74. The topological polar surface area (TPSA) is 38.3 Å². The molecule has 0 aromatic heterocycles. The van der Waals surface area contributed by atoms with Crippen LogP contribution in [0.15, 0.2) is 24.3 Å². The number of allylic oxidation sites excluding steroid dienone is 3. The van der Waals surface area contributed by atoms with Gasteiger partial charge < -0.3 is 10.1 Å². The van der Waals surface area contributed by atoms with Crippen molar-refractivity contribution < 1.29 is 9.53 Å². The Morgan fingerprint density at radius 1 is 1.67 bits per heavy atom. The van der Waals surface area contributed by atoms with E-state index in [4.69, 9.17) is 11.2 Å². The van der Waals surface area contributed by atoms with Crippen molar-refractivity contribution in [2.24, 2.45) is 0 Å². The normalized spacial score (nSPS) is 12.9. The molecular formula is C11H14INO2. The molecule has 0 aromatic rings. The standard InChI is InChI=1S/C11H14INO2/c1-3-5-6-7-8-13-9-11(14)15-10(12)4-2/h2-3,5-7,10,13H,8-9H2,1H3/b5-3+,7-6+. The van der Waals surface area contributed by atoms with E-state index in [9.17, 15) is 4.79 Å². The summed E-state index contributed by atoms with van der Waals surface area (Å²) in [4.78, 5) is 11.1. The van der Waals surface area contributed by atoms with E-state index in [-0.39, 0.29) is 12.5 Å². The molecule has 0 aliphatic heterocycles. The maximum Gasteiger partial charge on any atom is 0.321 e. The smallest absolute Gasteiger partial charge is 0.321 e. The van der Waals surface area contributed by atoms with Crippen LogP contribution in [-0.4, -0.2) is 23.2 Å². The number of carbonyl (C=O) groups excluding carboxylic acids is 1. The number of carbonyl (C=O) groups is 1. The van der Waals surface area contributed by atoms with Crippen molar-refractivity contribution in [3.05, 3.63) is 24.3 Å². The molecule has 0 aliphatic carbocycles. The minimum absolute atomic E-state index is 0.168. The Morgan fingerprint density at radius 3 is 3.00 bits per heavy atom. The molecule has 1 atom stereocenters. The number of rotatable bonds is 6. The van der Waals surface area contributed by atoms with E-state index in [0.717, 1.165) is 0 Å². The molecule has 1 N–H and O–H groups in total. The van der Waals surface area contributed by atoms with Crippen LogP contribution in [0, 0.1) is 12.3 Å². The van der Waals surface area contributed by atoms with Crippen LogP contribution < -0.4 is 5.32 Å². The molecule has 3 nitrogen and oxygen atoms in total. The van der Waals surface area contributed by atoms with Crippen molar-refractivity contribution in [3.63, 3.8) is 0 Å². The van der Waals surface area contributed by atoms with E-state index in [1.165, 1.54) is 0 Å². The number of halogens is 1. The zero-order valence-electron chi connectivity index (χ0n) is 8.57. The van der Waals surface area contributed by atoms with Gasteiger partial charge in [-0.25, -0.2) is 0 Å². The van der Waals surface area contributed by atoms with Gasteiger partial charge in [0.2, 0.25) is 4.11 Å². The number of hydrogen-bond acceptors (Lipinski definition) is 3. The highest BCUT2D eigenvalue weighted by molar-refractivity contribution is 14.1. The summed E-state index contributed by atoms with van der Waals surface area (Å²) >= 11 is 1.87. The highest BCUT2D eigenvalue weighted by atomic mass is 127. The lowest BCUT2D eigenvalue weighted by molar-refractivity contribution is -0.141. The van der Waals surface area contributed by atoms with Crippen molar-refractivity contribution in [1.82, 2.24) is 5.32 Å². The third-order valence-electron chi connectivity index (χ3n) is 1.34. The van der Waals surface area contributed by atoms with Crippen molar-refractivity contribution >= 4 is 28.6 Å². The molecule has 0 heterocycles. The molecule has 0 spiro atoms. The van der Waals surface area contributed by atoms with Crippen molar-refractivity contribution in [3.8, 4) is 12.3 Å². The Bertz CT molecular complexity index is 279.